The van der Waals surface area contributed by atoms with Crippen LogP contribution in [0.1, 0.15) is 22.7 Å². The van der Waals surface area contributed by atoms with Crippen LogP contribution < -0.4 is 9.47 Å². The van der Waals surface area contributed by atoms with Crippen LogP contribution in [0.3, 0.4) is 0 Å². The lowest BCUT2D eigenvalue weighted by Crippen LogP contribution is -2.31. The SMILES string of the molecule is COc1ccc(CCN2C(=O)C(=O)/C(=C(\O)c3cccc(Cl)c3)C2c2ccccc2OC)cc1. The normalized spacial score (nSPS) is 17.1. The number of methoxy groups -OCH3 is 2. The van der Waals surface area contributed by atoms with Gasteiger partial charge in [0.15, 0.2) is 0 Å². The number of halogens is 1. The minimum atomic E-state index is -0.812. The van der Waals surface area contributed by atoms with E-state index >= 15 is 0 Å². The number of hydrogen-bond donors (Lipinski definition) is 1. The molecule has 3 aromatic carbocycles. The molecule has 1 heterocycles. The second-order valence-corrected chi connectivity index (χ2v) is 8.28. The zero-order valence-electron chi connectivity index (χ0n) is 18.8. The standard InChI is InChI=1S/C27H24ClNO5/c1-33-20-12-10-17(11-13-20)14-15-29-24(21-8-3-4-9-22(21)34-2)23(26(31)27(29)32)25(30)18-6-5-7-19(28)16-18/h3-13,16,24,30H,14-15H2,1-2H3/b25-23-. The molecule has 1 N–H and O–H groups in total. The molecule has 1 aliphatic rings. The van der Waals surface area contributed by atoms with Gasteiger partial charge in [0, 0.05) is 22.7 Å². The molecule has 34 heavy (non-hydrogen) atoms. The van der Waals surface area contributed by atoms with Gasteiger partial charge < -0.3 is 19.5 Å². The van der Waals surface area contributed by atoms with E-state index in [1.807, 2.05) is 30.3 Å². The van der Waals surface area contributed by atoms with Crippen molar-refractivity contribution < 1.29 is 24.2 Å². The molecule has 0 spiro atoms. The molecule has 1 fully saturated rings. The zero-order chi connectivity index (χ0) is 24.2. The smallest absolute Gasteiger partial charge is 0.295 e. The third-order valence-electron chi connectivity index (χ3n) is 5.87. The van der Waals surface area contributed by atoms with E-state index in [4.69, 9.17) is 21.1 Å². The fourth-order valence-electron chi connectivity index (χ4n) is 4.16. The number of aliphatic hydroxyl groups is 1. The number of benzene rings is 3. The first-order chi connectivity index (χ1) is 16.4. The molecular weight excluding hydrogens is 454 g/mol. The fourth-order valence-corrected chi connectivity index (χ4v) is 4.35. The maximum absolute atomic E-state index is 13.2. The Hall–Kier alpha value is -3.77. The van der Waals surface area contributed by atoms with Crippen molar-refractivity contribution in [3.05, 3.63) is 100 Å². The van der Waals surface area contributed by atoms with Gasteiger partial charge in [0.25, 0.3) is 11.7 Å². The number of para-hydroxylation sites is 1. The molecule has 1 atom stereocenters. The van der Waals surface area contributed by atoms with Crippen LogP contribution in [0.2, 0.25) is 5.02 Å². The minimum Gasteiger partial charge on any atom is -0.507 e. The summed E-state index contributed by atoms with van der Waals surface area (Å²) in [6.45, 7) is 0.270. The topological polar surface area (TPSA) is 76.1 Å². The van der Waals surface area contributed by atoms with Gasteiger partial charge >= 0.3 is 0 Å². The van der Waals surface area contributed by atoms with Crippen molar-refractivity contribution in [3.8, 4) is 11.5 Å². The van der Waals surface area contributed by atoms with E-state index in [1.165, 1.54) is 12.0 Å². The molecular formula is C27H24ClNO5. The van der Waals surface area contributed by atoms with Crippen LogP contribution in [0.5, 0.6) is 11.5 Å². The molecule has 6 nitrogen and oxygen atoms in total. The molecule has 1 aliphatic heterocycles. The molecule has 1 amide bonds. The molecule has 174 valence electrons. The molecule has 0 radical (unpaired) electrons. The van der Waals surface area contributed by atoms with E-state index in [0.717, 1.165) is 11.3 Å². The van der Waals surface area contributed by atoms with E-state index < -0.39 is 17.7 Å². The molecule has 0 saturated carbocycles. The third-order valence-corrected chi connectivity index (χ3v) is 6.11. The number of likely N-dealkylation sites (tertiary alicyclic amines) is 1. The van der Waals surface area contributed by atoms with Crippen molar-refractivity contribution >= 4 is 29.1 Å². The molecule has 3 aromatic rings. The van der Waals surface area contributed by atoms with Gasteiger partial charge in [0.05, 0.1) is 25.8 Å². The van der Waals surface area contributed by atoms with Gasteiger partial charge in [-0.2, -0.15) is 0 Å². The number of carbonyl (C=O) groups excluding carboxylic acids is 2. The average molecular weight is 478 g/mol. The lowest BCUT2D eigenvalue weighted by atomic mass is 9.94. The summed E-state index contributed by atoms with van der Waals surface area (Å²) in [6, 6.07) is 20.4. The van der Waals surface area contributed by atoms with Gasteiger partial charge in [-0.15, -0.1) is 0 Å². The van der Waals surface area contributed by atoms with Crippen molar-refractivity contribution in [3.63, 3.8) is 0 Å². The first kappa shape index (κ1) is 23.4. The summed E-state index contributed by atoms with van der Waals surface area (Å²) in [6.07, 6.45) is 0.514. The van der Waals surface area contributed by atoms with Gasteiger partial charge in [0.2, 0.25) is 0 Å². The number of aliphatic hydroxyl groups excluding tert-OH is 1. The summed E-state index contributed by atoms with van der Waals surface area (Å²) in [4.78, 5) is 27.8. The van der Waals surface area contributed by atoms with E-state index in [0.29, 0.717) is 28.3 Å². The quantitative estimate of drug-likeness (QED) is 0.294. The second kappa shape index (κ2) is 10.0. The van der Waals surface area contributed by atoms with Gasteiger partial charge in [-0.3, -0.25) is 9.59 Å². The monoisotopic (exact) mass is 477 g/mol. The van der Waals surface area contributed by atoms with Crippen LogP contribution in [0, 0.1) is 0 Å². The van der Waals surface area contributed by atoms with Crippen LogP contribution in [0.25, 0.3) is 5.76 Å². The van der Waals surface area contributed by atoms with E-state index in [2.05, 4.69) is 0 Å². The highest BCUT2D eigenvalue weighted by Crippen LogP contribution is 2.42. The maximum atomic E-state index is 13.2. The highest BCUT2D eigenvalue weighted by Gasteiger charge is 2.46. The van der Waals surface area contributed by atoms with Crippen molar-refractivity contribution in [2.45, 2.75) is 12.5 Å². The van der Waals surface area contributed by atoms with E-state index in [9.17, 15) is 14.7 Å². The predicted octanol–water partition coefficient (Wildman–Crippen LogP) is 5.02. The number of hydrogen-bond acceptors (Lipinski definition) is 5. The van der Waals surface area contributed by atoms with E-state index in [1.54, 1.807) is 49.6 Å². The molecule has 0 aromatic heterocycles. The average Bonchev–Trinajstić information content (AvgIpc) is 3.12. The molecule has 1 unspecified atom stereocenters. The Morgan fingerprint density at radius 3 is 2.38 bits per heavy atom. The van der Waals surface area contributed by atoms with Gasteiger partial charge in [-0.05, 0) is 42.3 Å². The Labute approximate surface area is 203 Å². The molecule has 0 bridgehead atoms. The Kier molecular flexibility index (Phi) is 6.89. The first-order valence-electron chi connectivity index (χ1n) is 10.7. The van der Waals surface area contributed by atoms with Gasteiger partial charge in [0.1, 0.15) is 17.3 Å². The van der Waals surface area contributed by atoms with Crippen molar-refractivity contribution in [1.29, 1.82) is 0 Å². The third kappa shape index (κ3) is 4.50. The number of Topliss-reactive ketones (excluding diaryl/α,β-unsaturated/α-hetero) is 1. The maximum Gasteiger partial charge on any atom is 0.295 e. The van der Waals surface area contributed by atoms with E-state index in [-0.39, 0.29) is 17.9 Å². The Morgan fingerprint density at radius 1 is 0.971 bits per heavy atom. The summed E-state index contributed by atoms with van der Waals surface area (Å²) in [5, 5.41) is 11.6. The Morgan fingerprint density at radius 2 is 1.71 bits per heavy atom. The van der Waals surface area contributed by atoms with Crippen molar-refractivity contribution in [2.75, 3.05) is 20.8 Å². The van der Waals surface area contributed by atoms with Gasteiger partial charge in [-0.1, -0.05) is 54.1 Å². The summed E-state index contributed by atoms with van der Waals surface area (Å²) in [5.41, 5.74) is 1.96. The number of nitrogens with zero attached hydrogens (tertiary/aromatic N) is 1. The highest BCUT2D eigenvalue weighted by molar-refractivity contribution is 6.46. The van der Waals surface area contributed by atoms with Gasteiger partial charge in [-0.25, -0.2) is 0 Å². The number of ether oxygens (including phenoxy) is 2. The summed E-state index contributed by atoms with van der Waals surface area (Å²) < 4.78 is 10.7. The fraction of sp³-hybridized carbons (Fsp3) is 0.185. The summed E-state index contributed by atoms with van der Waals surface area (Å²) in [5.74, 6) is -0.444. The highest BCUT2D eigenvalue weighted by atomic mass is 35.5. The second-order valence-electron chi connectivity index (χ2n) is 7.84. The number of amides is 1. The number of rotatable bonds is 7. The Balaban J connectivity index is 1.78. The first-order valence-corrected chi connectivity index (χ1v) is 11.1. The van der Waals surface area contributed by atoms with Crippen LogP contribution in [-0.2, 0) is 16.0 Å². The van der Waals surface area contributed by atoms with Crippen molar-refractivity contribution in [2.24, 2.45) is 0 Å². The van der Waals surface area contributed by atoms with Crippen LogP contribution in [-0.4, -0.2) is 42.5 Å². The number of ketones is 1. The number of carbonyl (C=O) groups is 2. The Bertz CT molecular complexity index is 1250. The summed E-state index contributed by atoms with van der Waals surface area (Å²) in [7, 11) is 3.13. The van der Waals surface area contributed by atoms with Crippen molar-refractivity contribution in [1.82, 2.24) is 4.90 Å². The lowest BCUT2D eigenvalue weighted by molar-refractivity contribution is -0.139. The molecule has 7 heteroatoms. The zero-order valence-corrected chi connectivity index (χ0v) is 19.6. The van der Waals surface area contributed by atoms with Crippen LogP contribution in [0.4, 0.5) is 0 Å². The molecule has 4 rings (SSSR count). The lowest BCUT2D eigenvalue weighted by Gasteiger charge is -2.26. The predicted molar refractivity (Wildman–Crippen MR) is 130 cm³/mol. The van der Waals surface area contributed by atoms with Crippen LogP contribution in [0.15, 0.2) is 78.4 Å². The minimum absolute atomic E-state index is 0.00602. The molecule has 0 aliphatic carbocycles. The molecule has 1 saturated heterocycles. The summed E-state index contributed by atoms with van der Waals surface area (Å²) >= 11 is 6.10. The van der Waals surface area contributed by atoms with Crippen LogP contribution >= 0.6 is 11.6 Å². The largest absolute Gasteiger partial charge is 0.507 e.